The molecular formula is C39H38ClF3N8O2S. The molecule has 1 saturated carbocycles. The molecule has 3 aliphatic heterocycles. The summed E-state index contributed by atoms with van der Waals surface area (Å²) in [5.41, 5.74) is 6.26. The van der Waals surface area contributed by atoms with Crippen molar-refractivity contribution in [2.75, 3.05) is 43.4 Å². The zero-order valence-electron chi connectivity index (χ0n) is 29.7. The number of carbonyl (C=O) groups excluding carboxylic acids is 1. The van der Waals surface area contributed by atoms with Crippen LogP contribution >= 0.6 is 22.9 Å². The molecular weight excluding hydrogens is 737 g/mol. The van der Waals surface area contributed by atoms with Gasteiger partial charge in [-0.15, -0.1) is 11.3 Å². The van der Waals surface area contributed by atoms with Crippen LogP contribution in [0.2, 0.25) is 5.02 Å². The Balaban J connectivity index is 1.14. The van der Waals surface area contributed by atoms with E-state index in [4.69, 9.17) is 27.1 Å². The van der Waals surface area contributed by atoms with Gasteiger partial charge < -0.3 is 15.4 Å². The largest absolute Gasteiger partial charge is 0.461 e. The number of rotatable bonds is 7. The first-order valence-corrected chi connectivity index (χ1v) is 19.6. The molecule has 10 nitrogen and oxygen atoms in total. The number of ether oxygens (including phenoxy) is 1. The Bertz CT molecular complexity index is 2390. The van der Waals surface area contributed by atoms with Gasteiger partial charge in [0.25, 0.3) is 0 Å². The lowest BCUT2D eigenvalue weighted by Gasteiger charge is -2.48. The number of nitrogens with two attached hydrogens (primary N) is 1. The summed E-state index contributed by atoms with van der Waals surface area (Å²) in [7, 11) is 1.77. The molecule has 9 rings (SSSR count). The van der Waals surface area contributed by atoms with Gasteiger partial charge in [0, 0.05) is 61.6 Å². The third-order valence-corrected chi connectivity index (χ3v) is 13.6. The maximum Gasteiger partial charge on any atom is 0.319 e. The predicted octanol–water partition coefficient (Wildman–Crippen LogP) is 7.86. The summed E-state index contributed by atoms with van der Waals surface area (Å²) in [6.07, 6.45) is 6.93. The number of alkyl halides is 1. The normalized spacial score (nSPS) is 25.6. The molecule has 2 atom stereocenters. The minimum absolute atomic E-state index is 0.0360. The minimum Gasteiger partial charge on any atom is -0.461 e. The van der Waals surface area contributed by atoms with Gasteiger partial charge >= 0.3 is 6.01 Å². The fraction of sp³-hybridized carbons (Fsp3) is 0.462. The first-order chi connectivity index (χ1) is 26.0. The van der Waals surface area contributed by atoms with E-state index in [1.807, 2.05) is 6.07 Å². The van der Waals surface area contributed by atoms with Crippen LogP contribution in [-0.4, -0.2) is 74.9 Å². The number of ketones is 1. The SMILES string of the molecule is Cn1nccc1C(=O)C1CC2(CCCCN(c3nc(OC[C@@]45CCCN4C[C@H](F)C5)nc4c(F)c(-c5ccc(F)c6sc(N)c(C#N)c56)c(Cl)cc34)C2)C1. The van der Waals surface area contributed by atoms with E-state index in [0.29, 0.717) is 55.8 Å². The molecule has 0 radical (unpaired) electrons. The molecule has 5 aromatic rings. The van der Waals surface area contributed by atoms with Crippen molar-refractivity contribution in [2.45, 2.75) is 63.1 Å². The Morgan fingerprint density at radius 1 is 1.15 bits per heavy atom. The number of anilines is 2. The number of aromatic nitrogens is 4. The number of hydrogen-bond acceptors (Lipinski definition) is 10. The lowest BCUT2D eigenvalue weighted by atomic mass is 9.58. The van der Waals surface area contributed by atoms with E-state index in [9.17, 15) is 14.4 Å². The topological polar surface area (TPSA) is 126 Å². The van der Waals surface area contributed by atoms with Crippen LogP contribution in [0.1, 0.15) is 67.4 Å². The summed E-state index contributed by atoms with van der Waals surface area (Å²) in [5.74, 6) is -0.921. The fourth-order valence-electron chi connectivity index (χ4n) is 9.74. The van der Waals surface area contributed by atoms with Gasteiger partial charge in [-0.1, -0.05) is 24.1 Å². The summed E-state index contributed by atoms with van der Waals surface area (Å²) in [4.78, 5) is 27.2. The second kappa shape index (κ2) is 13.1. The van der Waals surface area contributed by atoms with Gasteiger partial charge in [-0.05, 0) is 74.2 Å². The maximum absolute atomic E-state index is 17.3. The third-order valence-electron chi connectivity index (χ3n) is 12.3. The number of thiophene rings is 1. The van der Waals surface area contributed by atoms with Crippen LogP contribution in [0.3, 0.4) is 0 Å². The molecule has 4 aliphatic rings. The Morgan fingerprint density at radius 3 is 2.76 bits per heavy atom. The second-order valence-electron chi connectivity index (χ2n) is 15.6. The number of Topliss-reactive ketones (excluding diaryl/α,β-unsaturated/α-hetero) is 1. The van der Waals surface area contributed by atoms with Crippen LogP contribution < -0.4 is 15.4 Å². The molecule has 1 aliphatic carbocycles. The highest BCUT2D eigenvalue weighted by atomic mass is 35.5. The molecule has 0 amide bonds. The van der Waals surface area contributed by atoms with Crippen molar-refractivity contribution in [1.82, 2.24) is 24.6 Å². The predicted molar refractivity (Wildman–Crippen MR) is 202 cm³/mol. The Kier molecular flexibility index (Phi) is 8.55. The van der Waals surface area contributed by atoms with Crippen molar-refractivity contribution in [3.8, 4) is 23.2 Å². The Morgan fingerprint density at radius 2 is 1.98 bits per heavy atom. The first kappa shape index (κ1) is 35.3. The standard InChI is InChI=1S/C39H38ClF3N8O2S/c1-49-28(7-10-46-49)33(52)21-14-38(15-21)8-2-3-11-50(19-38)36-24-13-26(40)30(23-5-6-27(42)34-29(23)25(17-44)35(45)54-34)31(43)32(24)47-37(48-36)53-20-39-9-4-12-51(39)18-22(41)16-39/h5-7,10,13,21-22H,2-4,8-9,11-12,14-16,18-20,45H2,1H3/t21?,22-,38?,39+/m1/s1. The van der Waals surface area contributed by atoms with Gasteiger partial charge in [-0.3, -0.25) is 14.4 Å². The molecule has 6 heterocycles. The summed E-state index contributed by atoms with van der Waals surface area (Å²) in [6, 6.07) is 8.00. The van der Waals surface area contributed by atoms with E-state index in [2.05, 4.69) is 19.9 Å². The smallest absolute Gasteiger partial charge is 0.319 e. The highest BCUT2D eigenvalue weighted by Crippen LogP contribution is 2.53. The van der Waals surface area contributed by atoms with Crippen LogP contribution in [-0.2, 0) is 7.05 Å². The number of fused-ring (bicyclic) bond motifs is 3. The number of halogens is 4. The maximum atomic E-state index is 17.3. The number of nitrogens with zero attached hydrogens (tertiary/aromatic N) is 7. The van der Waals surface area contributed by atoms with Crippen molar-refractivity contribution in [1.29, 1.82) is 5.26 Å². The summed E-state index contributed by atoms with van der Waals surface area (Å²) in [6.45, 7) is 2.52. The molecule has 280 valence electrons. The van der Waals surface area contributed by atoms with E-state index in [1.54, 1.807) is 30.1 Å². The number of nitriles is 1. The van der Waals surface area contributed by atoms with E-state index < -0.39 is 23.3 Å². The number of nitrogen functional groups attached to an aromatic ring is 1. The molecule has 0 unspecified atom stereocenters. The number of benzene rings is 2. The van der Waals surface area contributed by atoms with Crippen molar-refractivity contribution < 1.29 is 22.7 Å². The molecule has 1 spiro atoms. The van der Waals surface area contributed by atoms with Gasteiger partial charge in [0.1, 0.15) is 46.7 Å². The monoisotopic (exact) mass is 774 g/mol. The van der Waals surface area contributed by atoms with Gasteiger partial charge in [-0.25, -0.2) is 13.2 Å². The lowest BCUT2D eigenvalue weighted by Crippen LogP contribution is -2.48. The van der Waals surface area contributed by atoms with Gasteiger partial charge in [0.15, 0.2) is 11.6 Å². The quantitative estimate of drug-likeness (QED) is 0.165. The number of hydrogen-bond donors (Lipinski definition) is 1. The van der Waals surface area contributed by atoms with Gasteiger partial charge in [0.05, 0.1) is 20.8 Å². The van der Waals surface area contributed by atoms with Gasteiger partial charge in [0.2, 0.25) is 0 Å². The molecule has 4 fully saturated rings. The number of aryl methyl sites for hydroxylation is 1. The highest BCUT2D eigenvalue weighted by molar-refractivity contribution is 7.23. The van der Waals surface area contributed by atoms with Crippen LogP contribution in [0, 0.1) is 34.3 Å². The van der Waals surface area contributed by atoms with Crippen LogP contribution in [0.15, 0.2) is 30.5 Å². The van der Waals surface area contributed by atoms with Gasteiger partial charge in [-0.2, -0.15) is 20.3 Å². The van der Waals surface area contributed by atoms with E-state index in [0.717, 1.165) is 50.0 Å². The summed E-state index contributed by atoms with van der Waals surface area (Å²) in [5, 5.41) is 14.9. The van der Waals surface area contributed by atoms with Crippen molar-refractivity contribution >= 4 is 60.5 Å². The first-order valence-electron chi connectivity index (χ1n) is 18.4. The zero-order chi connectivity index (χ0) is 37.5. The average molecular weight is 775 g/mol. The fourth-order valence-corrected chi connectivity index (χ4v) is 11.0. The lowest BCUT2D eigenvalue weighted by molar-refractivity contribution is 0.0418. The van der Waals surface area contributed by atoms with E-state index in [-0.39, 0.29) is 72.1 Å². The average Bonchev–Trinajstić information content (AvgIpc) is 3.85. The minimum atomic E-state index is -0.953. The van der Waals surface area contributed by atoms with Crippen LogP contribution in [0.25, 0.3) is 32.1 Å². The molecule has 54 heavy (non-hydrogen) atoms. The number of carbonyl (C=O) groups is 1. The molecule has 2 N–H and O–H groups in total. The zero-order valence-corrected chi connectivity index (χ0v) is 31.3. The van der Waals surface area contributed by atoms with Crippen LogP contribution in [0.4, 0.5) is 24.0 Å². The Labute approximate surface area is 318 Å². The van der Waals surface area contributed by atoms with Crippen molar-refractivity contribution in [3.05, 3.63) is 58.4 Å². The highest BCUT2D eigenvalue weighted by Gasteiger charge is 2.51. The molecule has 3 aromatic heterocycles. The van der Waals surface area contributed by atoms with E-state index >= 15 is 8.78 Å². The molecule has 15 heteroatoms. The Hall–Kier alpha value is -4.45. The van der Waals surface area contributed by atoms with Crippen molar-refractivity contribution in [2.24, 2.45) is 18.4 Å². The van der Waals surface area contributed by atoms with Crippen molar-refractivity contribution in [3.63, 3.8) is 0 Å². The third kappa shape index (κ3) is 5.61. The molecule has 3 saturated heterocycles. The second-order valence-corrected chi connectivity index (χ2v) is 17.0. The van der Waals surface area contributed by atoms with E-state index in [1.165, 1.54) is 12.1 Å². The summed E-state index contributed by atoms with van der Waals surface area (Å²) < 4.78 is 55.1. The van der Waals surface area contributed by atoms with Crippen LogP contribution in [0.5, 0.6) is 6.01 Å². The molecule has 0 bridgehead atoms. The summed E-state index contributed by atoms with van der Waals surface area (Å²) >= 11 is 7.88. The molecule has 2 aromatic carbocycles.